The zero-order valence-corrected chi connectivity index (χ0v) is 9.83. The second kappa shape index (κ2) is 5.83. The fraction of sp³-hybridized carbons (Fsp3) is 0.583. The lowest BCUT2D eigenvalue weighted by molar-refractivity contribution is 0.447. The third-order valence-electron chi connectivity index (χ3n) is 2.67. The summed E-state index contributed by atoms with van der Waals surface area (Å²) in [4.78, 5) is 4.09. The van der Waals surface area contributed by atoms with E-state index in [0.717, 1.165) is 6.42 Å². The fourth-order valence-corrected chi connectivity index (χ4v) is 1.70. The van der Waals surface area contributed by atoms with Crippen molar-refractivity contribution in [3.05, 3.63) is 29.6 Å². The molecule has 3 heteroatoms. The minimum atomic E-state index is 0.246. The van der Waals surface area contributed by atoms with Crippen molar-refractivity contribution in [2.24, 2.45) is 11.8 Å². The SMILES string of the molecule is Cc1cnccc1C(CCC(C)C)NN. The zero-order valence-electron chi connectivity index (χ0n) is 9.83. The second-order valence-electron chi connectivity index (χ2n) is 4.42. The Balaban J connectivity index is 2.70. The van der Waals surface area contributed by atoms with Gasteiger partial charge in [0.05, 0.1) is 0 Å². The molecular weight excluding hydrogens is 186 g/mol. The maximum Gasteiger partial charge on any atom is 0.0463 e. The smallest absolute Gasteiger partial charge is 0.0463 e. The summed E-state index contributed by atoms with van der Waals surface area (Å²) in [6, 6.07) is 2.29. The summed E-state index contributed by atoms with van der Waals surface area (Å²) in [5.74, 6) is 6.30. The van der Waals surface area contributed by atoms with Crippen molar-refractivity contribution in [2.75, 3.05) is 0 Å². The van der Waals surface area contributed by atoms with Crippen molar-refractivity contribution in [2.45, 2.75) is 39.7 Å². The molecule has 1 heterocycles. The number of hydrogen-bond donors (Lipinski definition) is 2. The van der Waals surface area contributed by atoms with Gasteiger partial charge >= 0.3 is 0 Å². The minimum Gasteiger partial charge on any atom is -0.271 e. The van der Waals surface area contributed by atoms with Gasteiger partial charge in [-0.1, -0.05) is 13.8 Å². The first kappa shape index (κ1) is 12.1. The van der Waals surface area contributed by atoms with Crippen LogP contribution in [0.5, 0.6) is 0 Å². The molecule has 1 atom stereocenters. The molecule has 0 fully saturated rings. The maximum absolute atomic E-state index is 5.59. The van der Waals surface area contributed by atoms with Crippen LogP contribution in [0.2, 0.25) is 0 Å². The molecule has 0 saturated carbocycles. The van der Waals surface area contributed by atoms with Crippen LogP contribution in [0, 0.1) is 12.8 Å². The van der Waals surface area contributed by atoms with Gasteiger partial charge in [0.2, 0.25) is 0 Å². The van der Waals surface area contributed by atoms with Crippen molar-refractivity contribution < 1.29 is 0 Å². The number of pyridine rings is 1. The highest BCUT2D eigenvalue weighted by atomic mass is 15.2. The van der Waals surface area contributed by atoms with Crippen LogP contribution in [0.15, 0.2) is 18.5 Å². The van der Waals surface area contributed by atoms with Crippen molar-refractivity contribution in [1.29, 1.82) is 0 Å². The topological polar surface area (TPSA) is 50.9 Å². The number of hydrogen-bond acceptors (Lipinski definition) is 3. The number of nitrogens with two attached hydrogens (primary N) is 1. The molecule has 0 bridgehead atoms. The summed E-state index contributed by atoms with van der Waals surface area (Å²) in [6.07, 6.45) is 5.95. The van der Waals surface area contributed by atoms with Crippen LogP contribution in [0.25, 0.3) is 0 Å². The number of rotatable bonds is 5. The maximum atomic E-state index is 5.59. The Labute approximate surface area is 92.1 Å². The Morgan fingerprint density at radius 2 is 2.13 bits per heavy atom. The van der Waals surface area contributed by atoms with Gasteiger partial charge in [-0.05, 0) is 42.9 Å². The normalized spacial score (nSPS) is 13.1. The molecule has 1 unspecified atom stereocenters. The monoisotopic (exact) mass is 207 g/mol. The third kappa shape index (κ3) is 3.61. The average molecular weight is 207 g/mol. The summed E-state index contributed by atoms with van der Waals surface area (Å²) in [6.45, 7) is 6.53. The molecule has 0 amide bonds. The lowest BCUT2D eigenvalue weighted by Crippen LogP contribution is -2.28. The Kier molecular flexibility index (Phi) is 4.72. The first-order valence-corrected chi connectivity index (χ1v) is 5.51. The molecule has 0 aliphatic carbocycles. The molecule has 0 saturated heterocycles. The molecule has 0 aromatic carbocycles. The molecule has 1 aromatic heterocycles. The van der Waals surface area contributed by atoms with Gasteiger partial charge in [0.1, 0.15) is 0 Å². The zero-order chi connectivity index (χ0) is 11.3. The predicted octanol–water partition coefficient (Wildman–Crippen LogP) is 2.33. The van der Waals surface area contributed by atoms with E-state index in [1.165, 1.54) is 17.5 Å². The highest BCUT2D eigenvalue weighted by Gasteiger charge is 2.12. The van der Waals surface area contributed by atoms with Gasteiger partial charge in [-0.25, -0.2) is 0 Å². The molecule has 3 N–H and O–H groups in total. The van der Waals surface area contributed by atoms with E-state index >= 15 is 0 Å². The number of nitrogens with zero attached hydrogens (tertiary/aromatic N) is 1. The first-order valence-electron chi connectivity index (χ1n) is 5.51. The Bertz CT molecular complexity index is 297. The summed E-state index contributed by atoms with van der Waals surface area (Å²) < 4.78 is 0. The standard InChI is InChI=1S/C12H21N3/c1-9(2)4-5-12(15-13)11-6-7-14-8-10(11)3/h6-9,12,15H,4-5,13H2,1-3H3. The summed E-state index contributed by atoms with van der Waals surface area (Å²) >= 11 is 0. The third-order valence-corrected chi connectivity index (χ3v) is 2.67. The quantitative estimate of drug-likeness (QED) is 0.575. The molecule has 0 aliphatic rings. The number of aromatic nitrogens is 1. The number of hydrazine groups is 1. The molecule has 1 aromatic rings. The highest BCUT2D eigenvalue weighted by molar-refractivity contribution is 5.25. The van der Waals surface area contributed by atoms with Crippen molar-refractivity contribution in [3.8, 4) is 0 Å². The van der Waals surface area contributed by atoms with Crippen molar-refractivity contribution in [3.63, 3.8) is 0 Å². The van der Waals surface area contributed by atoms with Crippen LogP contribution in [0.3, 0.4) is 0 Å². The van der Waals surface area contributed by atoms with Crippen LogP contribution < -0.4 is 11.3 Å². The van der Waals surface area contributed by atoms with Crippen molar-refractivity contribution in [1.82, 2.24) is 10.4 Å². The molecule has 0 spiro atoms. The van der Waals surface area contributed by atoms with Gasteiger partial charge in [-0.15, -0.1) is 0 Å². The van der Waals surface area contributed by atoms with E-state index in [1.54, 1.807) is 0 Å². The average Bonchev–Trinajstić information content (AvgIpc) is 2.21. The first-order chi connectivity index (χ1) is 7.15. The molecule has 3 nitrogen and oxygen atoms in total. The lowest BCUT2D eigenvalue weighted by Gasteiger charge is -2.19. The van der Waals surface area contributed by atoms with Gasteiger partial charge in [0, 0.05) is 18.4 Å². The molecule has 84 valence electrons. The van der Waals surface area contributed by atoms with E-state index in [9.17, 15) is 0 Å². The number of aryl methyl sites for hydroxylation is 1. The molecule has 15 heavy (non-hydrogen) atoms. The van der Waals surface area contributed by atoms with Crippen LogP contribution >= 0.6 is 0 Å². The van der Waals surface area contributed by atoms with E-state index in [-0.39, 0.29) is 6.04 Å². The number of nitrogens with one attached hydrogen (secondary N) is 1. The predicted molar refractivity (Wildman–Crippen MR) is 63.1 cm³/mol. The van der Waals surface area contributed by atoms with Crippen LogP contribution in [0.1, 0.15) is 43.9 Å². The van der Waals surface area contributed by atoms with E-state index in [2.05, 4.69) is 31.2 Å². The van der Waals surface area contributed by atoms with Gasteiger partial charge in [0.25, 0.3) is 0 Å². The van der Waals surface area contributed by atoms with Crippen LogP contribution in [-0.4, -0.2) is 4.98 Å². The highest BCUT2D eigenvalue weighted by Crippen LogP contribution is 2.22. The van der Waals surface area contributed by atoms with Crippen LogP contribution in [-0.2, 0) is 0 Å². The van der Waals surface area contributed by atoms with E-state index in [1.807, 2.05) is 18.5 Å². The van der Waals surface area contributed by atoms with Gasteiger partial charge in [0.15, 0.2) is 0 Å². The van der Waals surface area contributed by atoms with Gasteiger partial charge in [-0.2, -0.15) is 0 Å². The summed E-state index contributed by atoms with van der Waals surface area (Å²) in [5, 5.41) is 0. The lowest BCUT2D eigenvalue weighted by atomic mass is 9.96. The largest absolute Gasteiger partial charge is 0.271 e. The molecule has 0 radical (unpaired) electrons. The van der Waals surface area contributed by atoms with E-state index in [4.69, 9.17) is 5.84 Å². The Hall–Kier alpha value is -0.930. The van der Waals surface area contributed by atoms with Gasteiger partial charge < -0.3 is 0 Å². The van der Waals surface area contributed by atoms with E-state index < -0.39 is 0 Å². The summed E-state index contributed by atoms with van der Waals surface area (Å²) in [7, 11) is 0. The van der Waals surface area contributed by atoms with Crippen LogP contribution in [0.4, 0.5) is 0 Å². The Morgan fingerprint density at radius 3 is 2.67 bits per heavy atom. The Morgan fingerprint density at radius 1 is 1.40 bits per heavy atom. The second-order valence-corrected chi connectivity index (χ2v) is 4.42. The van der Waals surface area contributed by atoms with Gasteiger partial charge in [-0.3, -0.25) is 16.3 Å². The van der Waals surface area contributed by atoms with E-state index in [0.29, 0.717) is 5.92 Å². The molecule has 0 aliphatic heterocycles. The van der Waals surface area contributed by atoms with Crippen molar-refractivity contribution >= 4 is 0 Å². The fourth-order valence-electron chi connectivity index (χ4n) is 1.70. The summed E-state index contributed by atoms with van der Waals surface area (Å²) in [5.41, 5.74) is 5.34. The minimum absolute atomic E-state index is 0.246. The molecule has 1 rings (SSSR count). The molecular formula is C12H21N3.